The summed E-state index contributed by atoms with van der Waals surface area (Å²) in [6, 6.07) is 10.5. The average molecular weight is 420 g/mol. The van der Waals surface area contributed by atoms with Crippen molar-refractivity contribution in [3.63, 3.8) is 0 Å². The monoisotopic (exact) mass is 418 g/mol. The number of para-hydroxylation sites is 1. The van der Waals surface area contributed by atoms with Gasteiger partial charge in [0, 0.05) is 15.2 Å². The molecular formula is C13H12Br2N2O2S. The lowest BCUT2D eigenvalue weighted by atomic mass is 10.2. The van der Waals surface area contributed by atoms with Gasteiger partial charge in [0.25, 0.3) is 0 Å². The predicted octanol–water partition coefficient (Wildman–Crippen LogP) is 3.94. The first-order valence-electron chi connectivity index (χ1n) is 5.59. The fourth-order valence-corrected chi connectivity index (χ4v) is 3.69. The van der Waals surface area contributed by atoms with E-state index in [4.69, 9.17) is 5.73 Å². The molecule has 0 unspecified atom stereocenters. The van der Waals surface area contributed by atoms with Crippen LogP contribution in [0, 0.1) is 0 Å². The third-order valence-electron chi connectivity index (χ3n) is 2.67. The molecule has 0 saturated carbocycles. The highest BCUT2D eigenvalue weighted by atomic mass is 79.9. The topological polar surface area (TPSA) is 72.2 Å². The van der Waals surface area contributed by atoms with Crippen LogP contribution in [0.5, 0.6) is 0 Å². The summed E-state index contributed by atoms with van der Waals surface area (Å²) in [5.41, 5.74) is 7.49. The van der Waals surface area contributed by atoms with Crippen LogP contribution < -0.4 is 11.1 Å². The molecule has 0 aromatic heterocycles. The number of rotatable bonds is 3. The Hall–Kier alpha value is -1.05. The second kappa shape index (κ2) is 5.75. The van der Waals surface area contributed by atoms with Gasteiger partial charge in [0.05, 0.1) is 22.0 Å². The summed E-state index contributed by atoms with van der Waals surface area (Å²) < 4.78 is 25.1. The zero-order valence-electron chi connectivity index (χ0n) is 10.5. The van der Waals surface area contributed by atoms with Gasteiger partial charge in [-0.05, 0) is 46.3 Å². The van der Waals surface area contributed by atoms with Crippen LogP contribution in [0.3, 0.4) is 0 Å². The largest absolute Gasteiger partial charge is 0.396 e. The van der Waals surface area contributed by atoms with E-state index >= 15 is 0 Å². The van der Waals surface area contributed by atoms with Crippen LogP contribution in [-0.2, 0) is 9.84 Å². The summed E-state index contributed by atoms with van der Waals surface area (Å²) in [7, 11) is -3.35. The van der Waals surface area contributed by atoms with Crippen molar-refractivity contribution < 1.29 is 8.42 Å². The zero-order chi connectivity index (χ0) is 14.9. The number of hydrogen-bond acceptors (Lipinski definition) is 4. The number of nitrogens with one attached hydrogen (secondary N) is 1. The van der Waals surface area contributed by atoms with Gasteiger partial charge >= 0.3 is 0 Å². The molecule has 0 saturated heterocycles. The van der Waals surface area contributed by atoms with Crippen LogP contribution in [0.1, 0.15) is 0 Å². The van der Waals surface area contributed by atoms with Crippen LogP contribution in [0.15, 0.2) is 50.2 Å². The lowest BCUT2D eigenvalue weighted by Crippen LogP contribution is -2.05. The van der Waals surface area contributed by atoms with Gasteiger partial charge in [-0.2, -0.15) is 0 Å². The van der Waals surface area contributed by atoms with Crippen molar-refractivity contribution in [1.29, 1.82) is 0 Å². The maximum atomic E-state index is 11.6. The van der Waals surface area contributed by atoms with Crippen molar-refractivity contribution in [3.05, 3.63) is 45.3 Å². The molecule has 4 nitrogen and oxygen atoms in total. The molecule has 0 heterocycles. The number of benzene rings is 2. The van der Waals surface area contributed by atoms with Crippen LogP contribution in [-0.4, -0.2) is 14.7 Å². The molecule has 0 atom stereocenters. The van der Waals surface area contributed by atoms with Crippen molar-refractivity contribution in [3.8, 4) is 0 Å². The molecule has 0 aliphatic rings. The van der Waals surface area contributed by atoms with Gasteiger partial charge in [-0.3, -0.25) is 0 Å². The first kappa shape index (κ1) is 15.3. The lowest BCUT2D eigenvalue weighted by Gasteiger charge is -2.13. The van der Waals surface area contributed by atoms with Crippen molar-refractivity contribution >= 4 is 58.8 Å². The van der Waals surface area contributed by atoms with Gasteiger partial charge in [0.15, 0.2) is 9.84 Å². The Bertz CT molecular complexity index is 761. The Labute approximate surface area is 134 Å². The standard InChI is InChI=1S/C13H12Br2N2O2S/c1-20(18,19)12-4-2-3-11(13(12)16)17-10-6-5-8(14)7-9(10)15/h2-7,17H,16H2,1H3. The summed E-state index contributed by atoms with van der Waals surface area (Å²) >= 11 is 6.81. The highest BCUT2D eigenvalue weighted by Gasteiger charge is 2.14. The molecule has 0 aliphatic carbocycles. The molecule has 106 valence electrons. The van der Waals surface area contributed by atoms with E-state index in [0.717, 1.165) is 20.9 Å². The third kappa shape index (κ3) is 3.34. The van der Waals surface area contributed by atoms with Crippen molar-refractivity contribution in [2.24, 2.45) is 0 Å². The van der Waals surface area contributed by atoms with Gasteiger partial charge < -0.3 is 11.1 Å². The lowest BCUT2D eigenvalue weighted by molar-refractivity contribution is 0.602. The molecule has 0 radical (unpaired) electrons. The van der Waals surface area contributed by atoms with E-state index in [9.17, 15) is 8.42 Å². The highest BCUT2D eigenvalue weighted by Crippen LogP contribution is 2.33. The van der Waals surface area contributed by atoms with Gasteiger partial charge in [0.2, 0.25) is 0 Å². The molecule has 0 bridgehead atoms. The molecule has 2 rings (SSSR count). The van der Waals surface area contributed by atoms with Gasteiger partial charge in [-0.15, -0.1) is 0 Å². The van der Waals surface area contributed by atoms with E-state index in [-0.39, 0.29) is 10.6 Å². The smallest absolute Gasteiger partial charge is 0.177 e. The van der Waals surface area contributed by atoms with E-state index in [0.29, 0.717) is 5.69 Å². The Balaban J connectivity index is 2.45. The molecule has 0 spiro atoms. The number of nitrogens with two attached hydrogens (primary N) is 1. The van der Waals surface area contributed by atoms with E-state index < -0.39 is 9.84 Å². The van der Waals surface area contributed by atoms with E-state index in [2.05, 4.69) is 37.2 Å². The summed E-state index contributed by atoms with van der Waals surface area (Å²) in [5, 5.41) is 3.12. The first-order valence-corrected chi connectivity index (χ1v) is 9.07. The molecule has 0 aliphatic heterocycles. The molecule has 3 N–H and O–H groups in total. The summed E-state index contributed by atoms with van der Waals surface area (Å²) in [4.78, 5) is 0.121. The van der Waals surface area contributed by atoms with Gasteiger partial charge in [0.1, 0.15) is 0 Å². The van der Waals surface area contributed by atoms with Crippen LogP contribution in [0.2, 0.25) is 0 Å². The maximum absolute atomic E-state index is 11.6. The summed E-state index contributed by atoms with van der Waals surface area (Å²) in [5.74, 6) is 0. The Morgan fingerprint density at radius 1 is 1.10 bits per heavy atom. The van der Waals surface area contributed by atoms with Crippen LogP contribution in [0.4, 0.5) is 17.1 Å². The molecule has 7 heteroatoms. The minimum atomic E-state index is -3.35. The van der Waals surface area contributed by atoms with Crippen LogP contribution in [0.25, 0.3) is 0 Å². The van der Waals surface area contributed by atoms with E-state index in [1.165, 1.54) is 6.07 Å². The fraction of sp³-hybridized carbons (Fsp3) is 0.0769. The SMILES string of the molecule is CS(=O)(=O)c1cccc(Nc2ccc(Br)cc2Br)c1N. The highest BCUT2D eigenvalue weighted by molar-refractivity contribution is 9.11. The predicted molar refractivity (Wildman–Crippen MR) is 89.1 cm³/mol. The molecular weight excluding hydrogens is 408 g/mol. The normalized spacial score (nSPS) is 11.3. The molecule has 2 aromatic carbocycles. The fourth-order valence-electron chi connectivity index (χ4n) is 1.71. The Kier molecular flexibility index (Phi) is 4.41. The second-order valence-corrected chi connectivity index (χ2v) is 7.99. The molecule has 0 amide bonds. The van der Waals surface area contributed by atoms with E-state index in [1.54, 1.807) is 12.1 Å². The first-order chi connectivity index (χ1) is 9.29. The Morgan fingerprint density at radius 2 is 1.80 bits per heavy atom. The number of sulfone groups is 1. The molecule has 0 fully saturated rings. The maximum Gasteiger partial charge on any atom is 0.177 e. The van der Waals surface area contributed by atoms with Gasteiger partial charge in [-0.25, -0.2) is 8.42 Å². The number of anilines is 3. The van der Waals surface area contributed by atoms with Crippen molar-refractivity contribution in [1.82, 2.24) is 0 Å². The van der Waals surface area contributed by atoms with Crippen molar-refractivity contribution in [2.75, 3.05) is 17.3 Å². The number of hydrogen-bond donors (Lipinski definition) is 2. The van der Waals surface area contributed by atoms with Gasteiger partial charge in [-0.1, -0.05) is 22.0 Å². The second-order valence-electron chi connectivity index (χ2n) is 4.24. The summed E-state index contributed by atoms with van der Waals surface area (Å²) in [6.45, 7) is 0. The molecule has 2 aromatic rings. The minimum Gasteiger partial charge on any atom is -0.396 e. The number of nitrogen functional groups attached to an aromatic ring is 1. The van der Waals surface area contributed by atoms with Crippen molar-refractivity contribution in [2.45, 2.75) is 4.90 Å². The van der Waals surface area contributed by atoms with Crippen LogP contribution >= 0.6 is 31.9 Å². The number of halogens is 2. The summed E-state index contributed by atoms with van der Waals surface area (Å²) in [6.07, 6.45) is 1.14. The quantitative estimate of drug-likeness (QED) is 0.739. The average Bonchev–Trinajstić information content (AvgIpc) is 2.33. The third-order valence-corrected chi connectivity index (χ3v) is 4.97. The van der Waals surface area contributed by atoms with E-state index in [1.807, 2.05) is 18.2 Å². The Morgan fingerprint density at radius 3 is 2.40 bits per heavy atom. The zero-order valence-corrected chi connectivity index (χ0v) is 14.5. The molecule has 20 heavy (non-hydrogen) atoms. The minimum absolute atomic E-state index is 0.121.